The maximum Gasteiger partial charge on any atom is 0.123 e. The number of nitrogens with two attached hydrogens (primary N) is 1. The predicted octanol–water partition coefficient (Wildman–Crippen LogP) is 2.58. The Morgan fingerprint density at radius 2 is 1.89 bits per heavy atom. The molecule has 0 saturated carbocycles. The summed E-state index contributed by atoms with van der Waals surface area (Å²) in [4.78, 5) is 6.43. The Morgan fingerprint density at radius 1 is 1.11 bits per heavy atom. The average Bonchev–Trinajstić information content (AvgIpc) is 2.44. The quantitative estimate of drug-likeness (QED) is 0.888. The Bertz CT molecular complexity index is 560. The molecule has 19 heavy (non-hydrogen) atoms. The van der Waals surface area contributed by atoms with Crippen LogP contribution in [0.1, 0.15) is 12.1 Å². The Labute approximate surface area is 113 Å². The van der Waals surface area contributed by atoms with Crippen LogP contribution in [0, 0.1) is 11.3 Å². The van der Waals surface area contributed by atoms with Crippen LogP contribution in [-0.4, -0.2) is 11.5 Å². The Morgan fingerprint density at radius 3 is 2.58 bits per heavy atom. The fourth-order valence-electron chi connectivity index (χ4n) is 1.90. The maximum atomic E-state index is 8.76. The summed E-state index contributed by atoms with van der Waals surface area (Å²) < 4.78 is 0. The monoisotopic (exact) mass is 252 g/mol. The zero-order valence-electron chi connectivity index (χ0n) is 10.7. The van der Waals surface area contributed by atoms with Crippen LogP contribution in [0.3, 0.4) is 0 Å². The lowest BCUT2D eigenvalue weighted by molar-refractivity contribution is 0.782. The number of benzene rings is 1. The molecule has 1 aromatic heterocycles. The molecule has 2 rings (SSSR count). The van der Waals surface area contributed by atoms with Gasteiger partial charge in [-0.2, -0.15) is 5.26 Å². The lowest BCUT2D eigenvalue weighted by Crippen LogP contribution is -2.24. The topological polar surface area (TPSA) is 65.9 Å². The minimum absolute atomic E-state index is 0.483. The van der Waals surface area contributed by atoms with Crippen LogP contribution in [0.5, 0.6) is 0 Å². The summed E-state index contributed by atoms with van der Waals surface area (Å²) in [7, 11) is 0. The van der Waals surface area contributed by atoms with Gasteiger partial charge in [0.15, 0.2) is 0 Å². The highest BCUT2D eigenvalue weighted by Crippen LogP contribution is 2.16. The summed E-state index contributed by atoms with van der Waals surface area (Å²) in [6.07, 6.45) is 0.483. The summed E-state index contributed by atoms with van der Waals surface area (Å²) in [6.45, 7) is 1.33. The van der Waals surface area contributed by atoms with Crippen LogP contribution in [0.4, 0.5) is 11.5 Å². The molecule has 2 aromatic rings. The summed E-state index contributed by atoms with van der Waals surface area (Å²) in [5.74, 6) is 0.519. The van der Waals surface area contributed by atoms with E-state index in [1.54, 1.807) is 6.07 Å². The Hall–Kier alpha value is -2.54. The molecule has 1 heterocycles. The number of pyridine rings is 1. The molecule has 0 atom stereocenters. The number of nitriles is 1. The molecule has 0 aliphatic carbocycles. The van der Waals surface area contributed by atoms with Gasteiger partial charge in [0.25, 0.3) is 0 Å². The smallest absolute Gasteiger partial charge is 0.123 e. The lowest BCUT2D eigenvalue weighted by atomic mass is 10.2. The number of anilines is 2. The molecule has 0 amide bonds. The van der Waals surface area contributed by atoms with Crippen molar-refractivity contribution in [3.05, 3.63) is 54.2 Å². The summed E-state index contributed by atoms with van der Waals surface area (Å²) in [6, 6.07) is 17.8. The molecule has 96 valence electrons. The molecular weight excluding hydrogens is 236 g/mol. The average molecular weight is 252 g/mol. The summed E-state index contributed by atoms with van der Waals surface area (Å²) in [5, 5.41) is 8.76. The zero-order valence-corrected chi connectivity index (χ0v) is 10.7. The van der Waals surface area contributed by atoms with Crippen LogP contribution in [0.15, 0.2) is 48.5 Å². The van der Waals surface area contributed by atoms with Crippen molar-refractivity contribution in [1.29, 1.82) is 5.26 Å². The number of hydrogen-bond acceptors (Lipinski definition) is 4. The van der Waals surface area contributed by atoms with Crippen molar-refractivity contribution in [3.8, 4) is 6.07 Å². The second kappa shape index (κ2) is 6.41. The van der Waals surface area contributed by atoms with E-state index in [1.807, 2.05) is 42.5 Å². The van der Waals surface area contributed by atoms with E-state index in [-0.39, 0.29) is 0 Å². The van der Waals surface area contributed by atoms with E-state index in [2.05, 4.69) is 16.0 Å². The molecule has 0 unspecified atom stereocenters. The van der Waals surface area contributed by atoms with Crippen molar-refractivity contribution in [2.75, 3.05) is 17.2 Å². The number of nitrogens with zero attached hydrogens (tertiary/aromatic N) is 3. The van der Waals surface area contributed by atoms with Gasteiger partial charge in [-0.25, -0.2) is 4.98 Å². The van der Waals surface area contributed by atoms with E-state index in [9.17, 15) is 0 Å². The Balaban J connectivity index is 2.17. The van der Waals surface area contributed by atoms with E-state index in [0.717, 1.165) is 11.4 Å². The molecule has 2 N–H and O–H groups in total. The molecule has 0 radical (unpaired) electrons. The zero-order chi connectivity index (χ0) is 13.5. The summed E-state index contributed by atoms with van der Waals surface area (Å²) in [5.41, 5.74) is 7.68. The third-order valence-electron chi connectivity index (χ3n) is 2.80. The normalized spacial score (nSPS) is 9.84. The van der Waals surface area contributed by atoms with E-state index < -0.39 is 0 Å². The van der Waals surface area contributed by atoms with Crippen molar-refractivity contribution < 1.29 is 0 Å². The van der Waals surface area contributed by atoms with Gasteiger partial charge < -0.3 is 10.6 Å². The van der Waals surface area contributed by atoms with Gasteiger partial charge in [0, 0.05) is 12.2 Å². The van der Waals surface area contributed by atoms with Crippen LogP contribution in [-0.2, 0) is 6.54 Å². The molecular formula is C15H16N4. The minimum Gasteiger partial charge on any atom is -0.384 e. The third kappa shape index (κ3) is 3.71. The van der Waals surface area contributed by atoms with Crippen molar-refractivity contribution in [1.82, 2.24) is 4.98 Å². The van der Waals surface area contributed by atoms with Gasteiger partial charge in [0.1, 0.15) is 5.82 Å². The highest BCUT2D eigenvalue weighted by Gasteiger charge is 2.07. The first kappa shape index (κ1) is 12.9. The first-order chi connectivity index (χ1) is 9.29. The van der Waals surface area contributed by atoms with Crippen molar-refractivity contribution in [2.45, 2.75) is 13.0 Å². The molecule has 0 aliphatic rings. The van der Waals surface area contributed by atoms with Gasteiger partial charge in [-0.05, 0) is 24.3 Å². The Kier molecular flexibility index (Phi) is 4.35. The second-order valence-electron chi connectivity index (χ2n) is 4.22. The fourth-order valence-corrected chi connectivity index (χ4v) is 1.90. The van der Waals surface area contributed by atoms with Crippen LogP contribution in [0.2, 0.25) is 0 Å². The largest absolute Gasteiger partial charge is 0.384 e. The number of para-hydroxylation sites is 1. The molecule has 1 aromatic carbocycles. The molecule has 0 fully saturated rings. The first-order valence-corrected chi connectivity index (χ1v) is 6.18. The fraction of sp³-hybridized carbons (Fsp3) is 0.200. The van der Waals surface area contributed by atoms with Gasteiger partial charge in [0.2, 0.25) is 0 Å². The van der Waals surface area contributed by atoms with Crippen molar-refractivity contribution in [2.24, 2.45) is 0 Å². The van der Waals surface area contributed by atoms with Crippen LogP contribution in [0.25, 0.3) is 0 Å². The minimum atomic E-state index is 0.483. The molecule has 0 spiro atoms. The highest BCUT2D eigenvalue weighted by atomic mass is 15.1. The second-order valence-corrected chi connectivity index (χ2v) is 4.22. The van der Waals surface area contributed by atoms with Crippen LogP contribution < -0.4 is 10.6 Å². The predicted molar refractivity (Wildman–Crippen MR) is 76.4 cm³/mol. The van der Waals surface area contributed by atoms with E-state index in [4.69, 9.17) is 11.0 Å². The van der Waals surface area contributed by atoms with E-state index in [0.29, 0.717) is 25.3 Å². The molecule has 4 nitrogen and oxygen atoms in total. The van der Waals surface area contributed by atoms with Crippen molar-refractivity contribution >= 4 is 11.5 Å². The highest BCUT2D eigenvalue weighted by molar-refractivity contribution is 5.46. The molecule has 4 heteroatoms. The molecule has 0 bridgehead atoms. The first-order valence-electron chi connectivity index (χ1n) is 6.18. The number of aromatic nitrogens is 1. The van der Waals surface area contributed by atoms with Gasteiger partial charge in [0.05, 0.1) is 24.7 Å². The summed E-state index contributed by atoms with van der Waals surface area (Å²) >= 11 is 0. The SMILES string of the molecule is N#CCCN(Cc1cccc(N)n1)c1ccccc1. The van der Waals surface area contributed by atoms with E-state index >= 15 is 0 Å². The van der Waals surface area contributed by atoms with Gasteiger partial charge in [-0.15, -0.1) is 0 Å². The van der Waals surface area contributed by atoms with Gasteiger partial charge >= 0.3 is 0 Å². The van der Waals surface area contributed by atoms with Crippen molar-refractivity contribution in [3.63, 3.8) is 0 Å². The van der Waals surface area contributed by atoms with Crippen LogP contribution >= 0.6 is 0 Å². The van der Waals surface area contributed by atoms with Gasteiger partial charge in [-0.3, -0.25) is 0 Å². The lowest BCUT2D eigenvalue weighted by Gasteiger charge is -2.23. The number of nitrogen functional groups attached to an aromatic ring is 1. The number of hydrogen-bond donors (Lipinski definition) is 1. The molecule has 0 saturated heterocycles. The number of rotatable bonds is 5. The molecule has 0 aliphatic heterocycles. The third-order valence-corrected chi connectivity index (χ3v) is 2.80. The van der Waals surface area contributed by atoms with E-state index in [1.165, 1.54) is 0 Å². The maximum absolute atomic E-state index is 8.76. The standard InChI is InChI=1S/C15H16N4/c16-10-5-11-19(14-7-2-1-3-8-14)12-13-6-4-9-15(17)18-13/h1-4,6-9H,5,11-12H2,(H2,17,18). The van der Waals surface area contributed by atoms with Gasteiger partial charge in [-0.1, -0.05) is 24.3 Å².